The molecule has 12 heteroatoms. The van der Waals surface area contributed by atoms with Crippen molar-refractivity contribution >= 4 is 39.1 Å². The maximum absolute atomic E-state index is 13.7. The van der Waals surface area contributed by atoms with Crippen molar-refractivity contribution in [3.63, 3.8) is 0 Å². The molecule has 2 aliphatic rings. The molecule has 2 N–H and O–H groups in total. The van der Waals surface area contributed by atoms with E-state index < -0.39 is 74.3 Å². The number of amides is 2. The highest BCUT2D eigenvalue weighted by Crippen LogP contribution is 2.74. The second kappa shape index (κ2) is 8.80. The van der Waals surface area contributed by atoms with Gasteiger partial charge in [-0.25, -0.2) is 4.79 Å². The van der Waals surface area contributed by atoms with Gasteiger partial charge in [0.15, 0.2) is 0 Å². The van der Waals surface area contributed by atoms with Crippen LogP contribution >= 0.6 is 10.0 Å². The predicted octanol–water partition coefficient (Wildman–Crippen LogP) is 0.0928. The number of aliphatic hydroxyl groups excluding tert-OH is 1. The van der Waals surface area contributed by atoms with Crippen molar-refractivity contribution in [2.75, 3.05) is 32.2 Å². The van der Waals surface area contributed by atoms with Crippen LogP contribution in [0.5, 0.6) is 0 Å². The maximum atomic E-state index is 13.7. The Morgan fingerprint density at radius 1 is 1.13 bits per heavy atom. The minimum atomic E-state index is -2.89. The van der Waals surface area contributed by atoms with Crippen molar-refractivity contribution in [2.24, 2.45) is 0 Å². The monoisotopic (exact) mass is 448 g/mol. The Bertz CT molecular complexity index is 736. The van der Waals surface area contributed by atoms with Gasteiger partial charge in [0.1, 0.15) is 19.1 Å². The summed E-state index contributed by atoms with van der Waals surface area (Å²) < 4.78 is 8.47. The zero-order valence-electron chi connectivity index (χ0n) is 17.5. The summed E-state index contributed by atoms with van der Waals surface area (Å²) >= 11 is 0. The van der Waals surface area contributed by atoms with E-state index in [2.05, 4.69) is 0 Å². The second-order valence-corrected chi connectivity index (χ2v) is 11.2. The van der Waals surface area contributed by atoms with Crippen LogP contribution in [0.4, 0.5) is 4.79 Å². The van der Waals surface area contributed by atoms with Crippen LogP contribution in [-0.2, 0) is 28.7 Å². The Hall–Kier alpha value is -2.34. The first-order chi connectivity index (χ1) is 14.0. The van der Waals surface area contributed by atoms with Crippen molar-refractivity contribution in [1.82, 2.24) is 9.80 Å². The fourth-order valence-corrected chi connectivity index (χ4v) is 8.39. The quantitative estimate of drug-likeness (QED) is 0.389. The van der Waals surface area contributed by atoms with Gasteiger partial charge in [0.25, 0.3) is 5.24 Å². The first-order valence-corrected chi connectivity index (χ1v) is 11.4. The molecule has 2 amide bonds. The average Bonchev–Trinajstić information content (AvgIpc) is 2.81. The summed E-state index contributed by atoms with van der Waals surface area (Å²) in [6.07, 6.45) is -0.0818. The number of carbonyl (C=O) groups is 5. The molecule has 0 spiro atoms. The first-order valence-electron chi connectivity index (χ1n) is 9.54. The van der Waals surface area contributed by atoms with Crippen LogP contribution in [-0.4, -0.2) is 97.5 Å². The maximum Gasteiger partial charge on any atom is 0.327 e. The normalized spacial score (nSPS) is 28.6. The minimum absolute atomic E-state index is 0.0652. The number of rotatable bonds is 8. The molecule has 2 heterocycles. The number of fused-ring (bicyclic) bond motifs is 1. The lowest BCUT2D eigenvalue weighted by atomic mass is 9.98. The number of esters is 2. The number of ether oxygens (including phenoxy) is 2. The third-order valence-electron chi connectivity index (χ3n) is 5.55. The highest BCUT2D eigenvalue weighted by atomic mass is 32.3. The third kappa shape index (κ3) is 3.62. The van der Waals surface area contributed by atoms with E-state index in [1.807, 2.05) is 0 Å². The molecule has 2 saturated heterocycles. The van der Waals surface area contributed by atoms with Gasteiger partial charge in [0.05, 0.1) is 30.9 Å². The van der Waals surface area contributed by atoms with Crippen LogP contribution in [0.3, 0.4) is 0 Å². The number of carboxylic acid groups (broad SMARTS) is 1. The van der Waals surface area contributed by atoms with Crippen molar-refractivity contribution in [1.29, 1.82) is 0 Å². The average molecular weight is 448 g/mol. The molecule has 0 radical (unpaired) electrons. The van der Waals surface area contributed by atoms with Crippen LogP contribution in [0.25, 0.3) is 0 Å². The number of nitrogens with zero attached hydrogens (tertiary/aromatic N) is 2. The summed E-state index contributed by atoms with van der Waals surface area (Å²) in [5.41, 5.74) is 0. The zero-order chi connectivity index (χ0) is 22.9. The summed E-state index contributed by atoms with van der Waals surface area (Å²) in [7, 11) is -2.89. The highest BCUT2D eigenvalue weighted by molar-refractivity contribution is 8.46. The molecule has 1 unspecified atom stereocenters. The number of hydrogen-bond donors (Lipinski definition) is 2. The summed E-state index contributed by atoms with van der Waals surface area (Å²) in [5, 5.41) is 18.6. The number of carbonyl (C=O) groups excluding carboxylic acids is 4. The van der Waals surface area contributed by atoms with Crippen molar-refractivity contribution in [3.8, 4) is 0 Å². The Morgan fingerprint density at radius 3 is 1.97 bits per heavy atom. The topological polar surface area (TPSA) is 151 Å². The largest absolute Gasteiger partial charge is 0.480 e. The molecular formula is C18H28N2O9S. The molecule has 170 valence electrons. The van der Waals surface area contributed by atoms with Gasteiger partial charge in [-0.05, 0) is 27.7 Å². The summed E-state index contributed by atoms with van der Waals surface area (Å²) in [5.74, 6) is -3.89. The smallest absolute Gasteiger partial charge is 0.327 e. The van der Waals surface area contributed by atoms with Gasteiger partial charge in [-0.3, -0.25) is 19.2 Å². The predicted molar refractivity (Wildman–Crippen MR) is 106 cm³/mol. The molecule has 2 aliphatic heterocycles. The van der Waals surface area contributed by atoms with E-state index >= 15 is 0 Å². The Balaban J connectivity index is 2.49. The lowest BCUT2D eigenvalue weighted by Gasteiger charge is -2.50. The minimum Gasteiger partial charge on any atom is -0.480 e. The fourth-order valence-electron chi connectivity index (χ4n) is 4.14. The zero-order valence-corrected chi connectivity index (χ0v) is 18.3. The van der Waals surface area contributed by atoms with Crippen molar-refractivity contribution < 1.29 is 43.7 Å². The molecule has 0 aliphatic carbocycles. The molecule has 0 aromatic carbocycles. The van der Waals surface area contributed by atoms with E-state index in [0.717, 1.165) is 9.80 Å². The number of hydrogen-bond acceptors (Lipinski definition) is 8. The first kappa shape index (κ1) is 23.9. The molecule has 2 fully saturated rings. The Kier molecular flexibility index (Phi) is 7.02. The molecule has 30 heavy (non-hydrogen) atoms. The van der Waals surface area contributed by atoms with Gasteiger partial charge in [0.2, 0.25) is 5.91 Å². The molecule has 11 nitrogen and oxygen atoms in total. The number of carboxylic acids is 1. The van der Waals surface area contributed by atoms with Gasteiger partial charge in [-0.1, -0.05) is 0 Å². The Labute approximate surface area is 175 Å². The molecule has 0 saturated carbocycles. The molecule has 3 atom stereocenters. The van der Waals surface area contributed by atoms with Gasteiger partial charge in [0, 0.05) is 4.75 Å². The molecule has 2 rings (SSSR count). The molecule has 0 bridgehead atoms. The molecular weight excluding hydrogens is 420 g/mol. The summed E-state index contributed by atoms with van der Waals surface area (Å²) in [6, 6.07) is -1.30. The van der Waals surface area contributed by atoms with Crippen LogP contribution in [0, 0.1) is 0 Å². The summed E-state index contributed by atoms with van der Waals surface area (Å²) in [6.45, 7) is 5.23. The number of aliphatic carboxylic acids is 1. The van der Waals surface area contributed by atoms with E-state index in [1.165, 1.54) is 13.8 Å². The SMILES string of the molecule is CCOC(=O)CN(CC(=O)OCC)C(=O)S1(CO)[C@@H]2CC(=O)N2[C@@H](C(=O)O)C1(C)C. The highest BCUT2D eigenvalue weighted by Gasteiger charge is 2.72. The fraction of sp³-hybridized carbons (Fsp3) is 0.722. The second-order valence-electron chi connectivity index (χ2n) is 7.46. The van der Waals surface area contributed by atoms with Gasteiger partial charge in [-0.15, -0.1) is 10.0 Å². The number of aliphatic hydroxyl groups is 1. The van der Waals surface area contributed by atoms with Crippen LogP contribution in [0.15, 0.2) is 0 Å². The van der Waals surface area contributed by atoms with E-state index in [0.29, 0.717) is 0 Å². The van der Waals surface area contributed by atoms with Crippen LogP contribution in [0.1, 0.15) is 34.1 Å². The molecule has 0 aromatic rings. The van der Waals surface area contributed by atoms with E-state index in [4.69, 9.17) is 9.47 Å². The van der Waals surface area contributed by atoms with Gasteiger partial charge < -0.3 is 29.5 Å². The van der Waals surface area contributed by atoms with Gasteiger partial charge in [-0.2, -0.15) is 0 Å². The van der Waals surface area contributed by atoms with Crippen LogP contribution in [0.2, 0.25) is 0 Å². The van der Waals surface area contributed by atoms with E-state index in [-0.39, 0.29) is 19.6 Å². The molecule has 0 aromatic heterocycles. The van der Waals surface area contributed by atoms with E-state index in [9.17, 15) is 34.2 Å². The Morgan fingerprint density at radius 2 is 1.63 bits per heavy atom. The lowest BCUT2D eigenvalue weighted by Crippen LogP contribution is -2.57. The van der Waals surface area contributed by atoms with E-state index in [1.54, 1.807) is 13.8 Å². The number of β-lactam (4-membered cyclic amide) rings is 1. The van der Waals surface area contributed by atoms with Gasteiger partial charge >= 0.3 is 17.9 Å². The van der Waals surface area contributed by atoms with Crippen molar-refractivity contribution in [2.45, 2.75) is 50.3 Å². The third-order valence-corrected chi connectivity index (χ3v) is 10.3. The standard InChI is InChI=1S/C18H28N2O9S/c1-5-28-13(23)8-19(9-14(24)29-6-2)17(27)30(10-21)12-7-11(22)20(12)15(16(25)26)18(30,3)4/h12,15,21H,5-10H2,1-4H3,(H,25,26)/t12-,15+/m1/s1. The lowest BCUT2D eigenvalue weighted by molar-refractivity contribution is -0.157. The van der Waals surface area contributed by atoms with Crippen molar-refractivity contribution in [3.05, 3.63) is 0 Å². The summed E-state index contributed by atoms with van der Waals surface area (Å²) in [4.78, 5) is 64.0. The van der Waals surface area contributed by atoms with Crippen LogP contribution < -0.4 is 0 Å².